The molecule has 2 rings (SSSR count). The molecule has 2 atom stereocenters. The third-order valence-electron chi connectivity index (χ3n) is 5.73. The predicted octanol–water partition coefficient (Wildman–Crippen LogP) is 1.39. The van der Waals surface area contributed by atoms with E-state index < -0.39 is 40.4 Å². The van der Waals surface area contributed by atoms with Crippen molar-refractivity contribution in [2.24, 2.45) is 0 Å². The molecule has 0 saturated carbocycles. The summed E-state index contributed by atoms with van der Waals surface area (Å²) < 4.78 is 10.5. The molecule has 0 unspecified atom stereocenters. The van der Waals surface area contributed by atoms with Gasteiger partial charge in [-0.3, -0.25) is 14.6 Å². The molecule has 0 radical (unpaired) electrons. The van der Waals surface area contributed by atoms with E-state index in [2.05, 4.69) is 13.2 Å². The zero-order valence-corrected chi connectivity index (χ0v) is 23.0. The molecule has 2 amide bonds. The van der Waals surface area contributed by atoms with Crippen LogP contribution in [0.1, 0.15) is 74.1 Å². The normalized spacial score (nSPS) is 23.2. The van der Waals surface area contributed by atoms with Gasteiger partial charge in [-0.2, -0.15) is 0 Å². The van der Waals surface area contributed by atoms with Gasteiger partial charge in [0, 0.05) is 13.1 Å². The van der Waals surface area contributed by atoms with Crippen LogP contribution in [0.4, 0.5) is 9.59 Å². The van der Waals surface area contributed by atoms with E-state index in [1.54, 1.807) is 26.8 Å². The minimum absolute atomic E-state index is 0. The van der Waals surface area contributed by atoms with Crippen LogP contribution < -0.4 is 18.9 Å². The fraction of sp³-hybridized carbons (Fsp3) is 0.680. The van der Waals surface area contributed by atoms with Crippen molar-refractivity contribution in [3.63, 3.8) is 0 Å². The molecule has 2 aliphatic rings. The van der Waals surface area contributed by atoms with Crippen LogP contribution in [0.15, 0.2) is 25.3 Å². The van der Waals surface area contributed by atoms with E-state index in [0.717, 1.165) is 6.42 Å². The Hall–Kier alpha value is -2.28. The van der Waals surface area contributed by atoms with Gasteiger partial charge in [-0.05, 0) is 74.1 Å². The van der Waals surface area contributed by atoms with Crippen LogP contribution in [-0.2, 0) is 19.1 Å². The molecule has 0 aromatic rings. The van der Waals surface area contributed by atoms with E-state index >= 15 is 0 Å². The van der Waals surface area contributed by atoms with Crippen molar-refractivity contribution >= 4 is 23.9 Å². The smallest absolute Gasteiger partial charge is 0.870 e. The summed E-state index contributed by atoms with van der Waals surface area (Å²) in [7, 11) is 0. The number of Topliss-reactive ketones (excluding diaryl/α,β-unsaturated/α-hetero) is 1. The average Bonchev–Trinajstić information content (AvgIpc) is 3.31. The number of aliphatic carboxylic acids is 1. The molecule has 2 fully saturated rings. The van der Waals surface area contributed by atoms with Gasteiger partial charge in [0.15, 0.2) is 11.3 Å². The average molecular weight is 505 g/mol. The quantitative estimate of drug-likeness (QED) is 0.447. The van der Waals surface area contributed by atoms with E-state index in [-0.39, 0.29) is 30.1 Å². The number of carboxylic acid groups (broad SMARTS) is 1. The van der Waals surface area contributed by atoms with Crippen LogP contribution >= 0.6 is 0 Å². The van der Waals surface area contributed by atoms with Gasteiger partial charge in [-0.25, -0.2) is 14.4 Å². The molecule has 0 aromatic heterocycles. The van der Waals surface area contributed by atoms with Gasteiger partial charge < -0.3 is 20.1 Å². The van der Waals surface area contributed by atoms with Gasteiger partial charge in [0.1, 0.15) is 16.7 Å². The molecule has 2 aliphatic heterocycles. The molecule has 0 aliphatic carbocycles. The molecule has 0 aromatic carbocycles. The summed E-state index contributed by atoms with van der Waals surface area (Å²) in [4.78, 5) is 49.8. The van der Waals surface area contributed by atoms with Gasteiger partial charge in [0.05, 0.1) is 0 Å². The summed E-state index contributed by atoms with van der Waals surface area (Å²) in [5.41, 5.74) is -3.38. The molecular weight excluding hydrogens is 463 g/mol. The van der Waals surface area contributed by atoms with Gasteiger partial charge in [0.25, 0.3) is 0 Å². The van der Waals surface area contributed by atoms with Crippen LogP contribution in [0, 0.1) is 0 Å². The van der Waals surface area contributed by atoms with Crippen LogP contribution in [-0.4, -0.2) is 79.7 Å². The van der Waals surface area contributed by atoms with Crippen LogP contribution in [0.2, 0.25) is 0 Å². The van der Waals surface area contributed by atoms with Crippen molar-refractivity contribution in [3.8, 4) is 0 Å². The van der Waals surface area contributed by atoms with E-state index in [1.807, 2.05) is 20.8 Å². The maximum absolute atomic E-state index is 12.0. The van der Waals surface area contributed by atoms with Crippen molar-refractivity contribution in [2.75, 3.05) is 13.1 Å². The number of likely N-dealkylation sites (tertiary alicyclic amines) is 2. The minimum atomic E-state index is -1.32. The molecule has 2 N–H and O–H groups in total. The third-order valence-corrected chi connectivity index (χ3v) is 5.73. The summed E-state index contributed by atoms with van der Waals surface area (Å²) >= 11 is 0. The number of hydrogen-bond donors (Lipinski definition) is 1. The zero-order chi connectivity index (χ0) is 26.5. The first-order valence-electron chi connectivity index (χ1n) is 11.5. The van der Waals surface area contributed by atoms with Crippen molar-refractivity contribution < 1.29 is 58.1 Å². The third kappa shape index (κ3) is 8.39. The zero-order valence-electron chi connectivity index (χ0n) is 23.0. The van der Waals surface area contributed by atoms with Gasteiger partial charge in [0.2, 0.25) is 0 Å². The topological polar surface area (TPSA) is 143 Å². The van der Waals surface area contributed by atoms with E-state index in [0.29, 0.717) is 32.4 Å². The molecule has 36 heavy (non-hydrogen) atoms. The Kier molecular flexibility index (Phi) is 13.3. The summed E-state index contributed by atoms with van der Waals surface area (Å²) in [6.45, 7) is 20.3. The Morgan fingerprint density at radius 3 is 1.42 bits per heavy atom. The van der Waals surface area contributed by atoms with Gasteiger partial charge >= 0.3 is 37.0 Å². The Balaban J connectivity index is 0. The number of carbonyl (C=O) groups is 4. The monoisotopic (exact) mass is 504 g/mol. The summed E-state index contributed by atoms with van der Waals surface area (Å²) in [6.07, 6.45) is 4.28. The van der Waals surface area contributed by atoms with Crippen LogP contribution in [0.3, 0.4) is 0 Å². The Bertz CT molecular complexity index is 765. The Morgan fingerprint density at radius 2 is 1.14 bits per heavy atom. The number of carbonyl (C=O) groups excluding carboxylic acids is 3. The SMILES string of the molecule is C=C[C@@]1(C(=O)O)CCCN1C(=O)OC(C)(C)C.C=C[C@@]1(C(C)=O)CCCN1C(=O)OC(C)(C)C.[Li+].[OH-]. The van der Waals surface area contributed by atoms with E-state index in [1.165, 1.54) is 22.8 Å². The largest absolute Gasteiger partial charge is 1.00 e. The molecule has 2 saturated heterocycles. The second-order valence-corrected chi connectivity index (χ2v) is 10.6. The number of nitrogens with zero attached hydrogens (tertiary/aromatic N) is 2. The van der Waals surface area contributed by atoms with Crippen molar-refractivity contribution in [3.05, 3.63) is 25.3 Å². The fourth-order valence-electron chi connectivity index (χ4n) is 4.07. The Labute approximate surface area is 226 Å². The number of carboxylic acids is 1. The molecule has 0 bridgehead atoms. The molecule has 10 nitrogen and oxygen atoms in total. The molecular formula is C25H41LiN2O8. The number of rotatable bonds is 4. The number of ether oxygens (including phenoxy) is 2. The fourth-order valence-corrected chi connectivity index (χ4v) is 4.07. The first kappa shape index (κ1) is 35.9. The minimum Gasteiger partial charge on any atom is -0.870 e. The van der Waals surface area contributed by atoms with Crippen LogP contribution in [0.25, 0.3) is 0 Å². The molecule has 2 heterocycles. The first-order valence-corrected chi connectivity index (χ1v) is 11.5. The predicted molar refractivity (Wildman–Crippen MR) is 130 cm³/mol. The molecule has 0 spiro atoms. The summed E-state index contributed by atoms with van der Waals surface area (Å²) in [5.74, 6) is -1.12. The standard InChI is InChI=1S/C13H21NO3.C12H19NO4.Li.H2O/c1-6-13(10(2)15)8-7-9-14(13)11(16)17-12(3,4)5;1-5-12(9(14)15)7-6-8-13(12)10(16)17-11(2,3)4;;/h6H,1,7-9H2,2-5H3;5H,1,6-8H2,2-4H3,(H,14,15);;1H2/q;;+1;/p-1/t13-;12-;;/m00../s1. The maximum Gasteiger partial charge on any atom is 1.00 e. The number of ketones is 1. The number of hydrogen-bond acceptors (Lipinski definition) is 7. The second-order valence-electron chi connectivity index (χ2n) is 10.6. The van der Waals surface area contributed by atoms with Crippen LogP contribution in [0.5, 0.6) is 0 Å². The van der Waals surface area contributed by atoms with Crippen molar-refractivity contribution in [2.45, 2.75) is 96.4 Å². The summed E-state index contributed by atoms with van der Waals surface area (Å²) in [5, 5.41) is 9.26. The Morgan fingerprint density at radius 1 is 0.806 bits per heavy atom. The van der Waals surface area contributed by atoms with Crippen molar-refractivity contribution in [1.82, 2.24) is 9.80 Å². The van der Waals surface area contributed by atoms with Gasteiger partial charge in [-0.1, -0.05) is 12.2 Å². The molecule has 200 valence electrons. The maximum atomic E-state index is 12.0. The first-order chi connectivity index (χ1) is 15.5. The van der Waals surface area contributed by atoms with E-state index in [4.69, 9.17) is 9.47 Å². The second kappa shape index (κ2) is 13.3. The number of amides is 2. The van der Waals surface area contributed by atoms with Crippen molar-refractivity contribution in [1.29, 1.82) is 0 Å². The summed E-state index contributed by atoms with van der Waals surface area (Å²) in [6, 6.07) is 0. The van der Waals surface area contributed by atoms with E-state index in [9.17, 15) is 24.3 Å². The molecule has 11 heteroatoms. The van der Waals surface area contributed by atoms with Gasteiger partial charge in [-0.15, -0.1) is 13.2 Å².